The van der Waals surface area contributed by atoms with Gasteiger partial charge in [0.05, 0.1) is 6.10 Å². The highest BCUT2D eigenvalue weighted by Crippen LogP contribution is 2.38. The molecule has 0 aromatic carbocycles. The van der Waals surface area contributed by atoms with Crippen LogP contribution in [0.15, 0.2) is 0 Å². The van der Waals surface area contributed by atoms with Gasteiger partial charge in [-0.2, -0.15) is 0 Å². The fraction of sp³-hybridized carbons (Fsp3) is 1.00. The Labute approximate surface area is 107 Å². The molecule has 2 heteroatoms. The summed E-state index contributed by atoms with van der Waals surface area (Å²) in [5.41, 5.74) is 0. The molecule has 0 spiro atoms. The van der Waals surface area contributed by atoms with Gasteiger partial charge in [-0.1, -0.05) is 13.3 Å². The van der Waals surface area contributed by atoms with Crippen LogP contribution in [0.5, 0.6) is 0 Å². The van der Waals surface area contributed by atoms with Crippen LogP contribution in [0.1, 0.15) is 58.8 Å². The zero-order valence-corrected chi connectivity index (χ0v) is 11.6. The Morgan fingerprint density at radius 1 is 1.24 bits per heavy atom. The first-order valence-corrected chi connectivity index (χ1v) is 7.68. The average molecular weight is 239 g/mol. The topological polar surface area (TPSA) is 21.3 Å². The molecule has 2 rings (SSSR count). The fourth-order valence-electron chi connectivity index (χ4n) is 3.21. The van der Waals surface area contributed by atoms with Crippen molar-refractivity contribution in [2.24, 2.45) is 11.8 Å². The van der Waals surface area contributed by atoms with Crippen LogP contribution in [-0.2, 0) is 4.74 Å². The lowest BCUT2D eigenvalue weighted by Gasteiger charge is -2.41. The average Bonchev–Trinajstić information content (AvgIpc) is 2.20. The van der Waals surface area contributed by atoms with Crippen molar-refractivity contribution < 1.29 is 4.74 Å². The largest absolute Gasteiger partial charge is 0.378 e. The van der Waals surface area contributed by atoms with Gasteiger partial charge in [0, 0.05) is 12.6 Å². The summed E-state index contributed by atoms with van der Waals surface area (Å²) < 4.78 is 5.65. The van der Waals surface area contributed by atoms with Gasteiger partial charge in [0.2, 0.25) is 0 Å². The van der Waals surface area contributed by atoms with E-state index in [1.807, 2.05) is 0 Å². The molecule has 0 aliphatic heterocycles. The minimum atomic E-state index is 0.582. The second-order valence-corrected chi connectivity index (χ2v) is 5.90. The minimum absolute atomic E-state index is 0.582. The summed E-state index contributed by atoms with van der Waals surface area (Å²) in [4.78, 5) is 0. The first-order valence-electron chi connectivity index (χ1n) is 7.68. The van der Waals surface area contributed by atoms with Crippen molar-refractivity contribution in [3.05, 3.63) is 0 Å². The predicted molar refractivity (Wildman–Crippen MR) is 72.2 cm³/mol. The predicted octanol–water partition coefficient (Wildman–Crippen LogP) is 3.36. The second-order valence-electron chi connectivity index (χ2n) is 5.90. The lowest BCUT2D eigenvalue weighted by molar-refractivity contribution is -0.0321. The van der Waals surface area contributed by atoms with Gasteiger partial charge in [-0.15, -0.1) is 0 Å². The normalized spacial score (nSPS) is 30.7. The van der Waals surface area contributed by atoms with E-state index in [2.05, 4.69) is 19.2 Å². The van der Waals surface area contributed by atoms with Crippen molar-refractivity contribution in [3.63, 3.8) is 0 Å². The van der Waals surface area contributed by atoms with E-state index in [4.69, 9.17) is 4.74 Å². The van der Waals surface area contributed by atoms with Gasteiger partial charge >= 0.3 is 0 Å². The highest BCUT2D eigenvalue weighted by Gasteiger charge is 2.35. The second kappa shape index (κ2) is 6.75. The summed E-state index contributed by atoms with van der Waals surface area (Å²) in [5.74, 6) is 1.91. The molecule has 2 nitrogen and oxygen atoms in total. The Kier molecular flexibility index (Phi) is 5.30. The van der Waals surface area contributed by atoms with Crippen molar-refractivity contribution in [1.29, 1.82) is 0 Å². The Bertz CT molecular complexity index is 209. The van der Waals surface area contributed by atoms with Gasteiger partial charge in [-0.3, -0.25) is 0 Å². The highest BCUT2D eigenvalue weighted by atomic mass is 16.5. The highest BCUT2D eigenvalue weighted by molar-refractivity contribution is 4.89. The summed E-state index contributed by atoms with van der Waals surface area (Å²) in [5, 5.41) is 3.78. The summed E-state index contributed by atoms with van der Waals surface area (Å²) >= 11 is 0. The molecule has 17 heavy (non-hydrogen) atoms. The molecule has 1 unspecified atom stereocenters. The van der Waals surface area contributed by atoms with Crippen LogP contribution in [0.2, 0.25) is 0 Å². The number of rotatable bonds is 8. The van der Waals surface area contributed by atoms with E-state index in [1.54, 1.807) is 0 Å². The van der Waals surface area contributed by atoms with Gasteiger partial charge in [-0.25, -0.2) is 0 Å². The van der Waals surface area contributed by atoms with Crippen LogP contribution < -0.4 is 5.32 Å². The SMILES string of the molecule is CCCNC(CC1CC(OCC)C1)C1CCC1. The lowest BCUT2D eigenvalue weighted by Crippen LogP contribution is -2.44. The lowest BCUT2D eigenvalue weighted by atomic mass is 9.71. The van der Waals surface area contributed by atoms with Gasteiger partial charge in [0.15, 0.2) is 0 Å². The fourth-order valence-corrected chi connectivity index (χ4v) is 3.21. The Hall–Kier alpha value is -0.0800. The van der Waals surface area contributed by atoms with Crippen molar-refractivity contribution in [1.82, 2.24) is 5.32 Å². The summed E-state index contributed by atoms with van der Waals surface area (Å²) in [6, 6.07) is 0.802. The minimum Gasteiger partial charge on any atom is -0.378 e. The smallest absolute Gasteiger partial charge is 0.0580 e. The number of hydrogen-bond donors (Lipinski definition) is 1. The molecule has 0 heterocycles. The Morgan fingerprint density at radius 3 is 2.53 bits per heavy atom. The summed E-state index contributed by atoms with van der Waals surface area (Å²) in [6.07, 6.45) is 10.2. The molecule has 2 fully saturated rings. The maximum atomic E-state index is 5.65. The molecule has 0 aromatic rings. The first-order chi connectivity index (χ1) is 8.33. The van der Waals surface area contributed by atoms with Crippen LogP contribution in [-0.4, -0.2) is 25.3 Å². The molecular weight excluding hydrogens is 210 g/mol. The van der Waals surface area contributed by atoms with Gasteiger partial charge < -0.3 is 10.1 Å². The molecule has 0 radical (unpaired) electrons. The summed E-state index contributed by atoms with van der Waals surface area (Å²) in [7, 11) is 0. The zero-order valence-electron chi connectivity index (χ0n) is 11.6. The van der Waals surface area contributed by atoms with Gasteiger partial charge in [0.25, 0.3) is 0 Å². The first kappa shape index (κ1) is 13.4. The van der Waals surface area contributed by atoms with E-state index in [-0.39, 0.29) is 0 Å². The molecule has 1 atom stereocenters. The molecule has 2 aliphatic carbocycles. The van der Waals surface area contributed by atoms with Crippen LogP contribution in [0.4, 0.5) is 0 Å². The van der Waals surface area contributed by atoms with Crippen molar-refractivity contribution in [2.45, 2.75) is 70.9 Å². The van der Waals surface area contributed by atoms with Crippen molar-refractivity contribution >= 4 is 0 Å². The molecule has 0 saturated heterocycles. The molecule has 0 amide bonds. The van der Waals surface area contributed by atoms with Gasteiger partial charge in [0.1, 0.15) is 0 Å². The maximum absolute atomic E-state index is 5.65. The molecule has 0 bridgehead atoms. The third-order valence-electron chi connectivity index (χ3n) is 4.56. The van der Waals surface area contributed by atoms with E-state index < -0.39 is 0 Å². The van der Waals surface area contributed by atoms with Crippen LogP contribution in [0.3, 0.4) is 0 Å². The van der Waals surface area contributed by atoms with E-state index in [0.717, 1.165) is 24.5 Å². The van der Waals surface area contributed by atoms with E-state index >= 15 is 0 Å². The molecular formula is C15H29NO. The molecule has 2 aliphatic rings. The number of ether oxygens (including phenoxy) is 1. The Balaban J connectivity index is 1.66. The maximum Gasteiger partial charge on any atom is 0.0580 e. The third-order valence-corrected chi connectivity index (χ3v) is 4.56. The van der Waals surface area contributed by atoms with Crippen molar-refractivity contribution in [3.8, 4) is 0 Å². The quantitative estimate of drug-likeness (QED) is 0.701. The molecule has 1 N–H and O–H groups in total. The number of hydrogen-bond acceptors (Lipinski definition) is 2. The molecule has 2 saturated carbocycles. The van der Waals surface area contributed by atoms with E-state index in [9.17, 15) is 0 Å². The Morgan fingerprint density at radius 2 is 2.00 bits per heavy atom. The molecule has 0 aromatic heterocycles. The molecule has 100 valence electrons. The van der Waals surface area contributed by atoms with Crippen LogP contribution in [0.25, 0.3) is 0 Å². The summed E-state index contributed by atoms with van der Waals surface area (Å²) in [6.45, 7) is 6.45. The monoisotopic (exact) mass is 239 g/mol. The zero-order chi connectivity index (χ0) is 12.1. The third kappa shape index (κ3) is 3.69. The van der Waals surface area contributed by atoms with Crippen LogP contribution in [0, 0.1) is 11.8 Å². The van der Waals surface area contributed by atoms with Gasteiger partial charge in [-0.05, 0) is 63.8 Å². The number of nitrogens with one attached hydrogen (secondary N) is 1. The standard InChI is InChI=1S/C15H29NO/c1-3-8-16-15(13-6-5-7-13)11-12-9-14(10-12)17-4-2/h12-16H,3-11H2,1-2H3. The van der Waals surface area contributed by atoms with Crippen LogP contribution >= 0.6 is 0 Å². The van der Waals surface area contributed by atoms with E-state index in [0.29, 0.717) is 6.10 Å². The van der Waals surface area contributed by atoms with E-state index in [1.165, 1.54) is 51.5 Å². The van der Waals surface area contributed by atoms with Crippen molar-refractivity contribution in [2.75, 3.05) is 13.2 Å².